The van der Waals surface area contributed by atoms with Crippen molar-refractivity contribution in [3.63, 3.8) is 0 Å². The zero-order valence-electron chi connectivity index (χ0n) is 16.4. The van der Waals surface area contributed by atoms with Crippen LogP contribution in [-0.2, 0) is 9.53 Å². The zero-order chi connectivity index (χ0) is 19.5. The van der Waals surface area contributed by atoms with Gasteiger partial charge in [-0.2, -0.15) is 0 Å². The first-order chi connectivity index (χ1) is 13.7. The zero-order valence-corrected chi connectivity index (χ0v) is 16.4. The lowest BCUT2D eigenvalue weighted by molar-refractivity contribution is -0.148. The Morgan fingerprint density at radius 3 is 2.71 bits per heavy atom. The maximum Gasteiger partial charge on any atom is 0.310 e. The summed E-state index contributed by atoms with van der Waals surface area (Å²) >= 11 is 0. The van der Waals surface area contributed by atoms with Crippen LogP contribution in [-0.4, -0.2) is 35.6 Å². The minimum atomic E-state index is -0.107. The standard InChI is InChI=1S/C23H25N3O2/c1-3-28-23(27)18-7-6-14-26(15-18)22-19-8-4-5-9-20(19)24-21(25-22)17-12-10-16(2)11-13-17/h4-5,8-13,18H,3,6-7,14-15H2,1-2H3. The number of anilines is 1. The predicted octanol–water partition coefficient (Wildman–Crippen LogP) is 4.38. The van der Waals surface area contributed by atoms with Crippen molar-refractivity contribution < 1.29 is 9.53 Å². The molecule has 1 aliphatic rings. The fraction of sp³-hybridized carbons (Fsp3) is 0.348. The second-order valence-electron chi connectivity index (χ2n) is 7.29. The van der Waals surface area contributed by atoms with Gasteiger partial charge in [-0.1, -0.05) is 42.0 Å². The molecule has 2 heterocycles. The molecule has 0 saturated carbocycles. The number of piperidine rings is 1. The van der Waals surface area contributed by atoms with Crippen LogP contribution in [0.25, 0.3) is 22.3 Å². The Labute approximate surface area is 165 Å². The fourth-order valence-electron chi connectivity index (χ4n) is 3.75. The van der Waals surface area contributed by atoms with Gasteiger partial charge in [0.05, 0.1) is 18.0 Å². The molecule has 0 radical (unpaired) electrons. The Bertz CT molecular complexity index is 985. The molecule has 0 N–H and O–H groups in total. The Kier molecular flexibility index (Phi) is 5.24. The lowest BCUT2D eigenvalue weighted by atomic mass is 9.98. The summed E-state index contributed by atoms with van der Waals surface area (Å²) in [5.41, 5.74) is 3.12. The van der Waals surface area contributed by atoms with Crippen molar-refractivity contribution in [2.75, 3.05) is 24.6 Å². The topological polar surface area (TPSA) is 55.3 Å². The molecule has 1 aromatic heterocycles. The normalized spacial score (nSPS) is 16.9. The summed E-state index contributed by atoms with van der Waals surface area (Å²) in [6, 6.07) is 16.3. The molecule has 5 nitrogen and oxygen atoms in total. The number of para-hydroxylation sites is 1. The van der Waals surface area contributed by atoms with Gasteiger partial charge in [0.1, 0.15) is 5.82 Å². The van der Waals surface area contributed by atoms with E-state index >= 15 is 0 Å². The Morgan fingerprint density at radius 2 is 1.93 bits per heavy atom. The van der Waals surface area contributed by atoms with Gasteiger partial charge in [-0.15, -0.1) is 0 Å². The molecule has 4 rings (SSSR count). The van der Waals surface area contributed by atoms with Crippen molar-refractivity contribution in [1.29, 1.82) is 0 Å². The molecule has 1 atom stereocenters. The smallest absolute Gasteiger partial charge is 0.310 e. The van der Waals surface area contributed by atoms with Crippen LogP contribution in [0.5, 0.6) is 0 Å². The second-order valence-corrected chi connectivity index (χ2v) is 7.29. The van der Waals surface area contributed by atoms with Crippen molar-refractivity contribution >= 4 is 22.7 Å². The predicted molar refractivity (Wildman–Crippen MR) is 111 cm³/mol. The fourth-order valence-corrected chi connectivity index (χ4v) is 3.75. The number of aromatic nitrogens is 2. The third-order valence-electron chi connectivity index (χ3n) is 5.23. The molecule has 28 heavy (non-hydrogen) atoms. The van der Waals surface area contributed by atoms with E-state index in [0.717, 1.165) is 41.7 Å². The van der Waals surface area contributed by atoms with Gasteiger partial charge >= 0.3 is 5.97 Å². The summed E-state index contributed by atoms with van der Waals surface area (Å²) < 4.78 is 5.26. The van der Waals surface area contributed by atoms with Gasteiger partial charge < -0.3 is 9.64 Å². The van der Waals surface area contributed by atoms with E-state index in [-0.39, 0.29) is 11.9 Å². The van der Waals surface area contributed by atoms with Crippen molar-refractivity contribution in [2.24, 2.45) is 5.92 Å². The first-order valence-electron chi connectivity index (χ1n) is 9.91. The minimum Gasteiger partial charge on any atom is -0.466 e. The van der Waals surface area contributed by atoms with Crippen LogP contribution in [0.1, 0.15) is 25.3 Å². The van der Waals surface area contributed by atoms with Gasteiger partial charge in [0.2, 0.25) is 0 Å². The number of fused-ring (bicyclic) bond motifs is 1. The number of carbonyl (C=O) groups excluding carboxylic acids is 1. The van der Waals surface area contributed by atoms with E-state index in [1.54, 1.807) is 0 Å². The number of nitrogens with zero attached hydrogens (tertiary/aromatic N) is 3. The van der Waals surface area contributed by atoms with Crippen LogP contribution in [0.2, 0.25) is 0 Å². The molecule has 0 amide bonds. The van der Waals surface area contributed by atoms with Gasteiger partial charge in [-0.25, -0.2) is 9.97 Å². The summed E-state index contributed by atoms with van der Waals surface area (Å²) in [4.78, 5) is 24.2. The summed E-state index contributed by atoms with van der Waals surface area (Å²) in [5.74, 6) is 1.40. The maximum absolute atomic E-state index is 12.3. The molecule has 1 saturated heterocycles. The van der Waals surface area contributed by atoms with Crippen LogP contribution < -0.4 is 4.90 Å². The van der Waals surface area contributed by atoms with Crippen molar-refractivity contribution in [1.82, 2.24) is 9.97 Å². The lowest BCUT2D eigenvalue weighted by Gasteiger charge is -2.33. The van der Waals surface area contributed by atoms with Gasteiger partial charge in [0, 0.05) is 24.0 Å². The highest BCUT2D eigenvalue weighted by atomic mass is 16.5. The molecule has 1 fully saturated rings. The molecule has 144 valence electrons. The summed E-state index contributed by atoms with van der Waals surface area (Å²) in [6.07, 6.45) is 1.81. The maximum atomic E-state index is 12.3. The molecule has 1 unspecified atom stereocenters. The highest BCUT2D eigenvalue weighted by Gasteiger charge is 2.28. The third kappa shape index (κ3) is 3.70. The van der Waals surface area contributed by atoms with E-state index in [4.69, 9.17) is 14.7 Å². The van der Waals surface area contributed by atoms with Gasteiger partial charge in [-0.3, -0.25) is 4.79 Å². The average molecular weight is 375 g/mol. The van der Waals surface area contributed by atoms with Gasteiger partial charge in [0.15, 0.2) is 5.82 Å². The molecule has 0 spiro atoms. The van der Waals surface area contributed by atoms with Crippen LogP contribution in [0.3, 0.4) is 0 Å². The number of carbonyl (C=O) groups is 1. The van der Waals surface area contributed by atoms with E-state index < -0.39 is 0 Å². The first-order valence-corrected chi connectivity index (χ1v) is 9.91. The first kappa shape index (κ1) is 18.4. The van der Waals surface area contributed by atoms with Gasteiger partial charge in [-0.05, 0) is 38.8 Å². The molecular weight excluding hydrogens is 350 g/mol. The number of hydrogen-bond acceptors (Lipinski definition) is 5. The largest absolute Gasteiger partial charge is 0.466 e. The molecule has 2 aromatic carbocycles. The van der Waals surface area contributed by atoms with Crippen LogP contribution in [0.15, 0.2) is 48.5 Å². The van der Waals surface area contributed by atoms with E-state index in [2.05, 4.69) is 42.2 Å². The summed E-state index contributed by atoms with van der Waals surface area (Å²) in [7, 11) is 0. The van der Waals surface area contributed by atoms with Crippen molar-refractivity contribution in [3.8, 4) is 11.4 Å². The second kappa shape index (κ2) is 7.97. The van der Waals surface area contributed by atoms with Gasteiger partial charge in [0.25, 0.3) is 0 Å². The molecule has 1 aliphatic heterocycles. The summed E-state index contributed by atoms with van der Waals surface area (Å²) in [5, 5.41) is 1.02. The Morgan fingerprint density at radius 1 is 1.14 bits per heavy atom. The van der Waals surface area contributed by atoms with E-state index in [0.29, 0.717) is 19.0 Å². The highest BCUT2D eigenvalue weighted by Crippen LogP contribution is 2.31. The Hall–Kier alpha value is -2.95. The molecular formula is C23H25N3O2. The lowest BCUT2D eigenvalue weighted by Crippen LogP contribution is -2.40. The van der Waals surface area contributed by atoms with E-state index in [1.807, 2.05) is 25.1 Å². The average Bonchev–Trinajstić information content (AvgIpc) is 2.74. The SMILES string of the molecule is CCOC(=O)C1CCCN(c2nc(-c3ccc(C)cc3)nc3ccccc23)C1. The number of esters is 1. The van der Waals surface area contributed by atoms with Crippen LogP contribution in [0, 0.1) is 12.8 Å². The number of hydrogen-bond donors (Lipinski definition) is 0. The molecule has 3 aromatic rings. The third-order valence-corrected chi connectivity index (χ3v) is 5.23. The van der Waals surface area contributed by atoms with Crippen molar-refractivity contribution in [2.45, 2.75) is 26.7 Å². The quantitative estimate of drug-likeness (QED) is 0.633. The number of rotatable bonds is 4. The minimum absolute atomic E-state index is 0.106. The molecule has 5 heteroatoms. The van der Waals surface area contributed by atoms with E-state index in [1.165, 1.54) is 5.56 Å². The number of aryl methyl sites for hydroxylation is 1. The van der Waals surface area contributed by atoms with Crippen molar-refractivity contribution in [3.05, 3.63) is 54.1 Å². The number of benzene rings is 2. The van der Waals surface area contributed by atoms with E-state index in [9.17, 15) is 4.79 Å². The van der Waals surface area contributed by atoms with Crippen LogP contribution in [0.4, 0.5) is 5.82 Å². The summed E-state index contributed by atoms with van der Waals surface area (Å²) in [6.45, 7) is 5.85. The van der Waals surface area contributed by atoms with Crippen LogP contribution >= 0.6 is 0 Å². The molecule has 0 bridgehead atoms. The molecule has 0 aliphatic carbocycles. The highest BCUT2D eigenvalue weighted by molar-refractivity contribution is 5.91. The monoisotopic (exact) mass is 375 g/mol. The Balaban J connectivity index is 1.75. The number of ether oxygens (including phenoxy) is 1.